The molecule has 20 nitrogen and oxygen atoms in total. The van der Waals surface area contributed by atoms with Gasteiger partial charge in [0.05, 0.1) is 6.04 Å². The van der Waals surface area contributed by atoms with Crippen LogP contribution in [0.3, 0.4) is 0 Å². The standard InChI is InChI=1S/2C27H33N5O2.C26H34N4O2/c2*1-27(2,3)21-10-12-22(13-11-21)32(25(33)23-9-7-17-31(23)19-28)24(20-8-6-14-29-18-20)26(34)30-15-4-5-16-30;1-26(2,3)20-10-12-21(13-11-20)30(24(31)22-9-7-15-28-22)23(19-8-6-14-27-18-19)25(32)29-16-4-5-17-29/h2*6,8,10-14,18,23-24H,4-5,7,9,15-17H2,1-3H3;6,8,10-14,18,22-23,28H,4-5,7,9,15-17H2,1-3H3/t2*23-,24?;22-,23?/m111/s1. The van der Waals surface area contributed by atoms with Gasteiger partial charge in [0.15, 0.2) is 12.4 Å². The number of nitriles is 2. The zero-order valence-electron chi connectivity index (χ0n) is 59.9. The molecule has 3 aromatic carbocycles. The predicted molar refractivity (Wildman–Crippen MR) is 388 cm³/mol. The van der Waals surface area contributed by atoms with Crippen LogP contribution < -0.4 is 20.0 Å². The second kappa shape index (κ2) is 32.6. The van der Waals surface area contributed by atoms with Gasteiger partial charge in [0.2, 0.25) is 23.6 Å². The molecule has 20 heteroatoms. The lowest BCUT2D eigenvalue weighted by Gasteiger charge is -2.36. The summed E-state index contributed by atoms with van der Waals surface area (Å²) in [5.41, 5.74) is 7.57. The van der Waals surface area contributed by atoms with E-state index in [1.807, 2.05) is 99.6 Å². The second-order valence-corrected chi connectivity index (χ2v) is 30.2. The second-order valence-electron chi connectivity index (χ2n) is 30.2. The number of nitrogens with zero attached hydrogens (tertiary/aromatic N) is 13. The molecule has 6 amide bonds. The third kappa shape index (κ3) is 17.2. The molecule has 0 saturated carbocycles. The van der Waals surface area contributed by atoms with E-state index in [4.69, 9.17) is 0 Å². The molecule has 3 unspecified atom stereocenters. The molecule has 0 radical (unpaired) electrons. The van der Waals surface area contributed by atoms with E-state index in [0.717, 1.165) is 106 Å². The van der Waals surface area contributed by atoms with Crippen LogP contribution in [-0.4, -0.2) is 152 Å². The summed E-state index contributed by atoms with van der Waals surface area (Å²) in [6.45, 7) is 25.5. The monoisotopic (exact) mass is 1350 g/mol. The largest absolute Gasteiger partial charge is 0.341 e. The summed E-state index contributed by atoms with van der Waals surface area (Å²) in [5.74, 6) is -0.706. The molecule has 526 valence electrons. The van der Waals surface area contributed by atoms with Crippen molar-refractivity contribution in [1.82, 2.24) is 44.8 Å². The van der Waals surface area contributed by atoms with Gasteiger partial charge in [-0.2, -0.15) is 10.5 Å². The summed E-state index contributed by atoms with van der Waals surface area (Å²) in [7, 11) is 0. The highest BCUT2D eigenvalue weighted by atomic mass is 16.2. The van der Waals surface area contributed by atoms with Crippen LogP contribution in [-0.2, 0) is 45.0 Å². The van der Waals surface area contributed by atoms with E-state index in [0.29, 0.717) is 74.6 Å². The fourth-order valence-electron chi connectivity index (χ4n) is 14.4. The van der Waals surface area contributed by atoms with Crippen molar-refractivity contribution in [3.8, 4) is 12.4 Å². The zero-order valence-corrected chi connectivity index (χ0v) is 59.9. The predicted octanol–water partition coefficient (Wildman–Crippen LogP) is 11.9. The molecular weight excluding hydrogens is 1250 g/mol. The van der Waals surface area contributed by atoms with Gasteiger partial charge in [-0.1, -0.05) is 117 Å². The number of aromatic nitrogens is 3. The minimum atomic E-state index is -0.832. The van der Waals surface area contributed by atoms with E-state index < -0.39 is 30.2 Å². The normalized spacial score (nSPS) is 19.3. The van der Waals surface area contributed by atoms with Gasteiger partial charge in [-0.15, -0.1) is 0 Å². The number of benzene rings is 3. The summed E-state index contributed by atoms with van der Waals surface area (Å²) >= 11 is 0. The Labute approximate surface area is 591 Å². The van der Waals surface area contributed by atoms with E-state index in [-0.39, 0.29) is 57.7 Å². The number of hydrogen-bond donors (Lipinski definition) is 1. The Morgan fingerprint density at radius 2 is 0.710 bits per heavy atom. The molecular formula is C80H100N14O6. The first-order chi connectivity index (χ1) is 48.0. The van der Waals surface area contributed by atoms with Gasteiger partial charge in [-0.3, -0.25) is 68.2 Å². The average molecular weight is 1350 g/mol. The molecule has 6 aliphatic heterocycles. The Hall–Kier alpha value is -9.53. The number of rotatable bonds is 15. The molecule has 6 aliphatic rings. The Bertz CT molecular complexity index is 3650. The van der Waals surface area contributed by atoms with E-state index in [1.165, 1.54) is 5.56 Å². The maximum atomic E-state index is 14.1. The molecule has 100 heavy (non-hydrogen) atoms. The summed E-state index contributed by atoms with van der Waals surface area (Å²) in [5, 5.41) is 22.6. The molecule has 0 spiro atoms. The number of anilines is 3. The lowest BCUT2D eigenvalue weighted by Crippen LogP contribution is -2.50. The number of amides is 6. The molecule has 6 saturated heterocycles. The number of nitrogens with one attached hydrogen (secondary N) is 1. The smallest absolute Gasteiger partial charge is 0.251 e. The molecule has 6 fully saturated rings. The lowest BCUT2D eigenvalue weighted by molar-refractivity contribution is -0.134. The fraction of sp³-hybridized carbons (Fsp3) is 0.487. The Morgan fingerprint density at radius 1 is 0.410 bits per heavy atom. The van der Waals surface area contributed by atoms with Crippen molar-refractivity contribution in [2.75, 3.05) is 73.6 Å². The van der Waals surface area contributed by atoms with Gasteiger partial charge in [0.25, 0.3) is 11.8 Å². The summed E-state index contributed by atoms with van der Waals surface area (Å²) in [4.78, 5) is 110. The van der Waals surface area contributed by atoms with E-state index in [9.17, 15) is 39.3 Å². The Morgan fingerprint density at radius 3 is 0.960 bits per heavy atom. The first-order valence-electron chi connectivity index (χ1n) is 35.9. The van der Waals surface area contributed by atoms with Gasteiger partial charge < -0.3 is 20.0 Å². The van der Waals surface area contributed by atoms with E-state index in [2.05, 4.69) is 107 Å². The van der Waals surface area contributed by atoms with Crippen molar-refractivity contribution in [3.05, 3.63) is 180 Å². The average Bonchev–Trinajstić information content (AvgIpc) is 1.12. The SMILES string of the molecule is CC(C)(C)c1ccc(N(C(=O)[C@H]2CCCN2)C(C(=O)N2CCCC2)c2cccnc2)cc1.CC(C)(C)c1ccc(N(C(=O)[C@H]2CCCN2C#N)C(C(=O)N2CCCC2)c2cccnc2)cc1.CC(C)(C)c1ccc(N(C(=O)[C@H]2CCCN2C#N)C(C(=O)N2CCCC2)c2cccnc2)cc1. The fourth-order valence-corrected chi connectivity index (χ4v) is 14.4. The number of likely N-dealkylation sites (tertiary alicyclic amines) is 5. The summed E-state index contributed by atoms with van der Waals surface area (Å²) in [6, 6.07) is 31.1. The third-order valence-corrected chi connectivity index (χ3v) is 20.2. The lowest BCUT2D eigenvalue weighted by atomic mass is 9.87. The highest BCUT2D eigenvalue weighted by Crippen LogP contribution is 2.39. The van der Waals surface area contributed by atoms with E-state index >= 15 is 0 Å². The quantitative estimate of drug-likeness (QED) is 0.0944. The van der Waals surface area contributed by atoms with Crippen LogP contribution in [0.2, 0.25) is 0 Å². The molecule has 0 aliphatic carbocycles. The van der Waals surface area contributed by atoms with Crippen LogP contribution in [0.15, 0.2) is 146 Å². The summed E-state index contributed by atoms with van der Waals surface area (Å²) < 4.78 is 0. The van der Waals surface area contributed by atoms with Gasteiger partial charge >= 0.3 is 0 Å². The number of pyridine rings is 3. The minimum absolute atomic E-state index is 0.00843. The maximum absolute atomic E-state index is 14.1. The maximum Gasteiger partial charge on any atom is 0.251 e. The van der Waals surface area contributed by atoms with Crippen molar-refractivity contribution in [2.24, 2.45) is 0 Å². The van der Waals surface area contributed by atoms with Crippen LogP contribution in [0.5, 0.6) is 0 Å². The molecule has 6 aromatic rings. The van der Waals surface area contributed by atoms with Gasteiger partial charge in [-0.05, 0) is 171 Å². The van der Waals surface area contributed by atoms with Crippen LogP contribution in [0.1, 0.15) is 191 Å². The molecule has 9 heterocycles. The minimum Gasteiger partial charge on any atom is -0.341 e. The van der Waals surface area contributed by atoms with Crippen LogP contribution in [0, 0.1) is 22.9 Å². The first-order valence-corrected chi connectivity index (χ1v) is 35.9. The van der Waals surface area contributed by atoms with E-state index in [1.54, 1.807) is 73.8 Å². The van der Waals surface area contributed by atoms with Crippen molar-refractivity contribution in [1.29, 1.82) is 10.5 Å². The molecule has 1 N–H and O–H groups in total. The van der Waals surface area contributed by atoms with Crippen molar-refractivity contribution in [3.63, 3.8) is 0 Å². The van der Waals surface area contributed by atoms with Crippen LogP contribution in [0.25, 0.3) is 0 Å². The van der Waals surface area contributed by atoms with Crippen molar-refractivity contribution >= 4 is 52.5 Å². The molecule has 0 bridgehead atoms. The van der Waals surface area contributed by atoms with Crippen LogP contribution in [0.4, 0.5) is 17.1 Å². The molecule has 3 aromatic heterocycles. The van der Waals surface area contributed by atoms with Gasteiger partial charge in [0.1, 0.15) is 30.2 Å². The number of carbonyl (C=O) groups excluding carboxylic acids is 6. The van der Waals surface area contributed by atoms with Crippen molar-refractivity contribution < 1.29 is 28.8 Å². The third-order valence-electron chi connectivity index (χ3n) is 20.2. The highest BCUT2D eigenvalue weighted by molar-refractivity contribution is 6.06. The Balaban J connectivity index is 0.000000162. The van der Waals surface area contributed by atoms with Gasteiger partial charge in [-0.25, -0.2) is 0 Å². The zero-order chi connectivity index (χ0) is 71.3. The first kappa shape index (κ1) is 73.2. The van der Waals surface area contributed by atoms with Crippen LogP contribution >= 0.6 is 0 Å². The topological polar surface area (TPSA) is 227 Å². The number of carbonyl (C=O) groups is 6. The Kier molecular flexibility index (Phi) is 23.9. The highest BCUT2D eigenvalue weighted by Gasteiger charge is 2.45. The number of hydrogen-bond acceptors (Lipinski definition) is 14. The molecule has 12 rings (SSSR count). The van der Waals surface area contributed by atoms with Crippen molar-refractivity contribution in [2.45, 2.75) is 192 Å². The van der Waals surface area contributed by atoms with Gasteiger partial charge in [0, 0.05) is 123 Å². The summed E-state index contributed by atoms with van der Waals surface area (Å²) in [6.07, 6.45) is 24.8. The molecule has 6 atom stereocenters.